The van der Waals surface area contributed by atoms with Crippen molar-refractivity contribution in [3.8, 4) is 11.5 Å². The molecule has 3 rings (SSSR count). The van der Waals surface area contributed by atoms with Gasteiger partial charge in [0, 0.05) is 11.6 Å². The SMILES string of the molecule is Cc1ccc(-c2nnc(SCC(=O)Nc3ccon3)o2)cc1. The first-order chi connectivity index (χ1) is 10.7. The number of nitrogens with zero attached hydrogens (tertiary/aromatic N) is 3. The Kier molecular flexibility index (Phi) is 4.19. The standard InChI is InChI=1S/C14H12N4O3S/c1-9-2-4-10(5-3-9)13-16-17-14(21-13)22-8-12(19)15-11-6-7-20-18-11/h2-7H,8H2,1H3,(H,15,18,19). The van der Waals surface area contributed by atoms with Crippen LogP contribution in [0.15, 0.2) is 50.8 Å². The zero-order valence-electron chi connectivity index (χ0n) is 11.6. The average Bonchev–Trinajstić information content (AvgIpc) is 3.17. The molecular weight excluding hydrogens is 304 g/mol. The Labute approximate surface area is 130 Å². The second kappa shape index (κ2) is 6.44. The Hall–Kier alpha value is -2.61. The summed E-state index contributed by atoms with van der Waals surface area (Å²) in [6, 6.07) is 9.32. The van der Waals surface area contributed by atoms with Gasteiger partial charge in [-0.15, -0.1) is 10.2 Å². The third kappa shape index (κ3) is 3.53. The van der Waals surface area contributed by atoms with Crippen molar-refractivity contribution in [2.45, 2.75) is 12.1 Å². The summed E-state index contributed by atoms with van der Waals surface area (Å²) in [5.74, 6) is 0.715. The van der Waals surface area contributed by atoms with Gasteiger partial charge in [-0.3, -0.25) is 4.79 Å². The van der Waals surface area contributed by atoms with Crippen molar-refractivity contribution in [3.63, 3.8) is 0 Å². The van der Waals surface area contributed by atoms with Gasteiger partial charge in [-0.2, -0.15) is 0 Å². The highest BCUT2D eigenvalue weighted by Crippen LogP contribution is 2.23. The number of aromatic nitrogens is 3. The maximum atomic E-state index is 11.7. The largest absolute Gasteiger partial charge is 0.411 e. The van der Waals surface area contributed by atoms with Crippen molar-refractivity contribution in [1.29, 1.82) is 0 Å². The average molecular weight is 316 g/mol. The molecule has 2 heterocycles. The van der Waals surface area contributed by atoms with Crippen LogP contribution < -0.4 is 5.32 Å². The molecule has 8 heteroatoms. The number of hydrogen-bond donors (Lipinski definition) is 1. The van der Waals surface area contributed by atoms with Crippen LogP contribution in [0.3, 0.4) is 0 Å². The summed E-state index contributed by atoms with van der Waals surface area (Å²) in [4.78, 5) is 11.7. The number of thioether (sulfide) groups is 1. The van der Waals surface area contributed by atoms with Crippen LogP contribution in [-0.2, 0) is 4.79 Å². The van der Waals surface area contributed by atoms with E-state index in [4.69, 9.17) is 4.42 Å². The molecule has 0 unspecified atom stereocenters. The molecule has 0 aliphatic rings. The molecule has 22 heavy (non-hydrogen) atoms. The van der Waals surface area contributed by atoms with Crippen molar-refractivity contribution < 1.29 is 13.7 Å². The van der Waals surface area contributed by atoms with Gasteiger partial charge in [0.1, 0.15) is 6.26 Å². The van der Waals surface area contributed by atoms with Crippen molar-refractivity contribution in [3.05, 3.63) is 42.2 Å². The predicted molar refractivity (Wildman–Crippen MR) is 80.3 cm³/mol. The number of hydrogen-bond acceptors (Lipinski definition) is 7. The summed E-state index contributed by atoms with van der Waals surface area (Å²) < 4.78 is 10.1. The number of amides is 1. The molecule has 1 aromatic carbocycles. The molecule has 0 spiro atoms. The third-order valence-electron chi connectivity index (χ3n) is 2.74. The molecule has 1 amide bonds. The second-order valence-corrected chi connectivity index (χ2v) is 5.39. The van der Waals surface area contributed by atoms with Gasteiger partial charge >= 0.3 is 0 Å². The number of rotatable bonds is 5. The molecule has 1 N–H and O–H groups in total. The lowest BCUT2D eigenvalue weighted by Gasteiger charge is -1.98. The van der Waals surface area contributed by atoms with E-state index in [1.165, 1.54) is 6.26 Å². The first-order valence-electron chi connectivity index (χ1n) is 6.44. The quantitative estimate of drug-likeness (QED) is 0.723. The first kappa shape index (κ1) is 14.3. The number of carbonyl (C=O) groups is 1. The maximum absolute atomic E-state index is 11.7. The van der Waals surface area contributed by atoms with Crippen LogP contribution >= 0.6 is 11.8 Å². The zero-order chi connectivity index (χ0) is 15.4. The van der Waals surface area contributed by atoms with E-state index in [2.05, 4.69) is 25.2 Å². The van der Waals surface area contributed by atoms with Gasteiger partial charge in [-0.1, -0.05) is 34.6 Å². The molecule has 0 saturated carbocycles. The summed E-state index contributed by atoms with van der Waals surface area (Å²) in [6.45, 7) is 2.01. The highest BCUT2D eigenvalue weighted by atomic mass is 32.2. The van der Waals surface area contributed by atoms with E-state index in [0.29, 0.717) is 16.9 Å². The van der Waals surface area contributed by atoms with E-state index in [9.17, 15) is 4.79 Å². The summed E-state index contributed by atoms with van der Waals surface area (Å²) in [7, 11) is 0. The summed E-state index contributed by atoms with van der Waals surface area (Å²) in [6.07, 6.45) is 1.38. The van der Waals surface area contributed by atoms with Crippen LogP contribution in [-0.4, -0.2) is 27.0 Å². The molecule has 0 radical (unpaired) electrons. The minimum atomic E-state index is -0.228. The van der Waals surface area contributed by atoms with Gasteiger partial charge in [-0.25, -0.2) is 0 Å². The molecule has 2 aromatic heterocycles. The van der Waals surface area contributed by atoms with Crippen LogP contribution in [0.4, 0.5) is 5.82 Å². The Morgan fingerprint density at radius 1 is 1.23 bits per heavy atom. The van der Waals surface area contributed by atoms with Crippen LogP contribution in [0.5, 0.6) is 0 Å². The van der Waals surface area contributed by atoms with E-state index in [0.717, 1.165) is 22.9 Å². The van der Waals surface area contributed by atoms with E-state index in [1.54, 1.807) is 6.07 Å². The van der Waals surface area contributed by atoms with Crippen LogP contribution in [0.2, 0.25) is 0 Å². The lowest BCUT2D eigenvalue weighted by Crippen LogP contribution is -2.14. The van der Waals surface area contributed by atoms with Gasteiger partial charge in [0.05, 0.1) is 5.75 Å². The summed E-state index contributed by atoms with van der Waals surface area (Å²) in [5, 5.41) is 14.4. The Balaban J connectivity index is 1.57. The first-order valence-corrected chi connectivity index (χ1v) is 7.43. The smallest absolute Gasteiger partial charge is 0.277 e. The summed E-state index contributed by atoms with van der Waals surface area (Å²) in [5.41, 5.74) is 2.00. The third-order valence-corrected chi connectivity index (χ3v) is 3.56. The fourth-order valence-corrected chi connectivity index (χ4v) is 2.23. The van der Waals surface area contributed by atoms with Gasteiger partial charge in [0.25, 0.3) is 5.22 Å². The van der Waals surface area contributed by atoms with Crippen molar-refractivity contribution in [2.75, 3.05) is 11.1 Å². The minimum Gasteiger partial charge on any atom is -0.411 e. The van der Waals surface area contributed by atoms with E-state index in [-0.39, 0.29) is 11.7 Å². The minimum absolute atomic E-state index is 0.141. The van der Waals surface area contributed by atoms with Crippen LogP contribution in [0.1, 0.15) is 5.56 Å². The van der Waals surface area contributed by atoms with E-state index >= 15 is 0 Å². The second-order valence-electron chi connectivity index (χ2n) is 4.46. The highest BCUT2D eigenvalue weighted by Gasteiger charge is 2.11. The number of carbonyl (C=O) groups excluding carboxylic acids is 1. The molecule has 0 aliphatic heterocycles. The van der Waals surface area contributed by atoms with Crippen molar-refractivity contribution >= 4 is 23.5 Å². The van der Waals surface area contributed by atoms with Gasteiger partial charge in [0.15, 0.2) is 5.82 Å². The monoisotopic (exact) mass is 316 g/mol. The molecule has 3 aromatic rings. The predicted octanol–water partition coefficient (Wildman–Crippen LogP) is 2.76. The Morgan fingerprint density at radius 2 is 2.05 bits per heavy atom. The van der Waals surface area contributed by atoms with Gasteiger partial charge in [-0.05, 0) is 19.1 Å². The molecule has 0 aliphatic carbocycles. The Bertz CT molecular complexity index is 753. The zero-order valence-corrected chi connectivity index (χ0v) is 12.5. The lowest BCUT2D eigenvalue weighted by atomic mass is 10.1. The van der Waals surface area contributed by atoms with Gasteiger partial charge in [0.2, 0.25) is 11.8 Å². The topological polar surface area (TPSA) is 94.1 Å². The Morgan fingerprint density at radius 3 is 2.77 bits per heavy atom. The number of anilines is 1. The molecule has 0 bridgehead atoms. The molecule has 7 nitrogen and oxygen atoms in total. The molecule has 112 valence electrons. The van der Waals surface area contributed by atoms with Crippen molar-refractivity contribution in [2.24, 2.45) is 0 Å². The van der Waals surface area contributed by atoms with Crippen molar-refractivity contribution in [1.82, 2.24) is 15.4 Å². The fraction of sp³-hybridized carbons (Fsp3) is 0.143. The molecular formula is C14H12N4O3S. The number of aryl methyl sites for hydroxylation is 1. The number of benzene rings is 1. The van der Waals surface area contributed by atoms with E-state index < -0.39 is 0 Å². The molecule has 0 fully saturated rings. The molecule has 0 atom stereocenters. The lowest BCUT2D eigenvalue weighted by molar-refractivity contribution is -0.113. The van der Waals surface area contributed by atoms with Gasteiger partial charge < -0.3 is 14.3 Å². The highest BCUT2D eigenvalue weighted by molar-refractivity contribution is 7.99. The normalized spacial score (nSPS) is 10.6. The number of nitrogens with one attached hydrogen (secondary N) is 1. The van der Waals surface area contributed by atoms with Crippen LogP contribution in [0.25, 0.3) is 11.5 Å². The summed E-state index contributed by atoms with van der Waals surface area (Å²) >= 11 is 1.16. The maximum Gasteiger partial charge on any atom is 0.277 e. The fourth-order valence-electron chi connectivity index (χ4n) is 1.66. The van der Waals surface area contributed by atoms with Crippen LogP contribution in [0, 0.1) is 6.92 Å². The van der Waals surface area contributed by atoms with E-state index in [1.807, 2.05) is 31.2 Å². The molecule has 0 saturated heterocycles.